The summed E-state index contributed by atoms with van der Waals surface area (Å²) in [5.41, 5.74) is 5.49. The highest BCUT2D eigenvalue weighted by molar-refractivity contribution is 6.35. The molecular formula is C38H46ClFN4O3. The highest BCUT2D eigenvalue weighted by Gasteiger charge is 2.30. The van der Waals surface area contributed by atoms with Gasteiger partial charge < -0.3 is 19.4 Å². The minimum atomic E-state index is -0.670. The first-order chi connectivity index (χ1) is 22.4. The number of carbonyl (C=O) groups is 1. The summed E-state index contributed by atoms with van der Waals surface area (Å²) in [6.45, 7) is 11.7. The molecule has 5 rings (SSSR count). The van der Waals surface area contributed by atoms with Crippen molar-refractivity contribution in [2.75, 3.05) is 20.2 Å². The van der Waals surface area contributed by atoms with E-state index in [2.05, 4.69) is 9.88 Å². The third kappa shape index (κ3) is 7.49. The summed E-state index contributed by atoms with van der Waals surface area (Å²) < 4.78 is 30.2. The van der Waals surface area contributed by atoms with Gasteiger partial charge in [0.25, 0.3) is 0 Å². The average Bonchev–Trinajstić information content (AvgIpc) is 3.45. The molecule has 0 saturated heterocycles. The predicted molar refractivity (Wildman–Crippen MR) is 189 cm³/mol. The number of nitrogens with zero attached hydrogens (tertiary/aromatic N) is 3. The maximum atomic E-state index is 14.1. The highest BCUT2D eigenvalue weighted by Crippen LogP contribution is 2.42. The second-order valence-electron chi connectivity index (χ2n) is 13.2. The molecule has 1 N–H and O–H groups in total. The van der Waals surface area contributed by atoms with E-state index in [0.29, 0.717) is 42.5 Å². The number of ether oxygens (including phenoxy) is 2. The number of rotatable bonds is 13. The molecule has 0 aliphatic carbocycles. The molecule has 0 unspecified atom stereocenters. The summed E-state index contributed by atoms with van der Waals surface area (Å²) in [5, 5.41) is 11.2. The molecule has 2 aromatic heterocycles. The van der Waals surface area contributed by atoms with Gasteiger partial charge in [-0.1, -0.05) is 36.2 Å². The third-order valence-corrected chi connectivity index (χ3v) is 8.88. The Morgan fingerprint density at radius 3 is 2.47 bits per heavy atom. The van der Waals surface area contributed by atoms with Gasteiger partial charge in [0.05, 0.1) is 22.8 Å². The van der Waals surface area contributed by atoms with E-state index in [1.807, 2.05) is 83.7 Å². The molecule has 250 valence electrons. The number of fused-ring (bicyclic) bond motifs is 2. The van der Waals surface area contributed by atoms with Crippen LogP contribution in [0.25, 0.3) is 32.8 Å². The van der Waals surface area contributed by atoms with Crippen molar-refractivity contribution in [3.8, 4) is 16.9 Å². The molecule has 0 amide bonds. The molecule has 0 radical (unpaired) electrons. The molecule has 7 nitrogen and oxygen atoms in total. The Bertz CT molecular complexity index is 1900. The summed E-state index contributed by atoms with van der Waals surface area (Å²) >= 11 is 7.05. The van der Waals surface area contributed by atoms with Gasteiger partial charge in [-0.25, -0.2) is 9.18 Å². The summed E-state index contributed by atoms with van der Waals surface area (Å²) in [6, 6.07) is 14.3. The van der Waals surface area contributed by atoms with E-state index in [0.717, 1.165) is 75.6 Å². The van der Waals surface area contributed by atoms with Gasteiger partial charge in [0.15, 0.2) is 0 Å². The molecule has 0 bridgehead atoms. The fourth-order valence-corrected chi connectivity index (χ4v) is 6.68. The quantitative estimate of drug-likeness (QED) is 0.101. The van der Waals surface area contributed by atoms with Crippen LogP contribution in [-0.2, 0) is 24.8 Å². The van der Waals surface area contributed by atoms with Crippen LogP contribution in [-0.4, -0.2) is 46.1 Å². The van der Waals surface area contributed by atoms with Gasteiger partial charge in [-0.2, -0.15) is 5.10 Å². The lowest BCUT2D eigenvalue weighted by Gasteiger charge is -2.21. The predicted octanol–water partition coefficient (Wildman–Crippen LogP) is 8.96. The van der Waals surface area contributed by atoms with Crippen molar-refractivity contribution < 1.29 is 18.7 Å². The monoisotopic (exact) mass is 660 g/mol. The Morgan fingerprint density at radius 1 is 1.00 bits per heavy atom. The standard InChI is InChI=1S/C38H46ClFN4O3/c1-24-33(25(2)43(7)42-24)34-31(39)19-18-30-29(14-12-22-46-32-15-11-13-26-23-27(40)16-17-28(26)32)36(37(45)47-38(3,4)5)44(35(30)34)21-10-8-9-20-41-6/h11,13,15-19,23,41H,8-10,12,14,20-22H2,1-7H3. The van der Waals surface area contributed by atoms with Crippen molar-refractivity contribution in [2.45, 2.75) is 78.9 Å². The van der Waals surface area contributed by atoms with Gasteiger partial charge in [0.2, 0.25) is 0 Å². The SMILES string of the molecule is CNCCCCCn1c(C(=O)OC(C)(C)C)c(CCCOc2cccc3cc(F)ccc23)c2ccc(Cl)c(-c3c(C)nn(C)c3C)c21. The van der Waals surface area contributed by atoms with Crippen molar-refractivity contribution in [3.63, 3.8) is 0 Å². The average molecular weight is 661 g/mol. The zero-order valence-corrected chi connectivity index (χ0v) is 29.4. The van der Waals surface area contributed by atoms with E-state index in [-0.39, 0.29) is 11.8 Å². The number of aryl methyl sites for hydroxylation is 4. The lowest BCUT2D eigenvalue weighted by molar-refractivity contribution is 0.00566. The van der Waals surface area contributed by atoms with Crippen LogP contribution in [0.1, 0.15) is 73.9 Å². The number of hydrogen-bond acceptors (Lipinski definition) is 5. The van der Waals surface area contributed by atoms with Gasteiger partial charge in [0, 0.05) is 41.2 Å². The zero-order valence-electron chi connectivity index (χ0n) is 28.6. The molecule has 0 saturated carbocycles. The molecule has 0 aliphatic heterocycles. The smallest absolute Gasteiger partial charge is 0.355 e. The van der Waals surface area contributed by atoms with Crippen LogP contribution in [0.5, 0.6) is 5.75 Å². The number of aromatic nitrogens is 3. The molecule has 5 aromatic rings. The zero-order chi connectivity index (χ0) is 33.9. The van der Waals surface area contributed by atoms with Crippen LogP contribution in [0.15, 0.2) is 48.5 Å². The number of nitrogens with one attached hydrogen (secondary N) is 1. The Morgan fingerprint density at radius 2 is 1.77 bits per heavy atom. The Labute approximate surface area is 282 Å². The fraction of sp³-hybridized carbons (Fsp3) is 0.421. The first-order valence-electron chi connectivity index (χ1n) is 16.4. The number of unbranched alkanes of at least 4 members (excludes halogenated alkanes) is 2. The Hall–Kier alpha value is -3.88. The Kier molecular flexibility index (Phi) is 10.6. The van der Waals surface area contributed by atoms with Crippen molar-refractivity contribution in [3.05, 3.63) is 82.0 Å². The highest BCUT2D eigenvalue weighted by atomic mass is 35.5. The number of esters is 1. The van der Waals surface area contributed by atoms with E-state index in [1.54, 1.807) is 6.07 Å². The lowest BCUT2D eigenvalue weighted by Crippen LogP contribution is -2.26. The number of hydrogen-bond donors (Lipinski definition) is 1. The first kappa shape index (κ1) is 34.5. The normalized spacial score (nSPS) is 11.9. The van der Waals surface area contributed by atoms with E-state index >= 15 is 0 Å². The second kappa shape index (κ2) is 14.5. The number of halogens is 2. The summed E-state index contributed by atoms with van der Waals surface area (Å²) in [5.74, 6) is 0.0759. The van der Waals surface area contributed by atoms with E-state index in [1.165, 1.54) is 12.1 Å². The third-order valence-electron chi connectivity index (χ3n) is 8.57. The van der Waals surface area contributed by atoms with E-state index in [4.69, 9.17) is 26.2 Å². The molecule has 0 spiro atoms. The van der Waals surface area contributed by atoms with Crippen molar-refractivity contribution in [1.29, 1.82) is 0 Å². The Balaban J connectivity index is 1.60. The van der Waals surface area contributed by atoms with Gasteiger partial charge in [-0.3, -0.25) is 4.68 Å². The van der Waals surface area contributed by atoms with Gasteiger partial charge in [-0.05, 0) is 115 Å². The number of carbonyl (C=O) groups excluding carboxylic acids is 1. The minimum Gasteiger partial charge on any atom is -0.493 e. The van der Waals surface area contributed by atoms with Crippen LogP contribution in [0.2, 0.25) is 5.02 Å². The maximum Gasteiger partial charge on any atom is 0.355 e. The molecule has 9 heteroatoms. The van der Waals surface area contributed by atoms with E-state index < -0.39 is 5.60 Å². The molecule has 0 fully saturated rings. The van der Waals surface area contributed by atoms with Crippen LogP contribution < -0.4 is 10.1 Å². The van der Waals surface area contributed by atoms with Gasteiger partial charge in [-0.15, -0.1) is 0 Å². The van der Waals surface area contributed by atoms with Crippen LogP contribution in [0, 0.1) is 19.7 Å². The number of benzene rings is 3. The maximum absolute atomic E-state index is 14.1. The molecule has 0 atom stereocenters. The van der Waals surface area contributed by atoms with Crippen molar-refractivity contribution in [1.82, 2.24) is 19.7 Å². The van der Waals surface area contributed by atoms with E-state index in [9.17, 15) is 9.18 Å². The lowest BCUT2D eigenvalue weighted by atomic mass is 9.98. The van der Waals surface area contributed by atoms with Crippen LogP contribution in [0.3, 0.4) is 0 Å². The molecule has 2 heterocycles. The molecule has 3 aromatic carbocycles. The first-order valence-corrected chi connectivity index (χ1v) is 16.8. The van der Waals surface area contributed by atoms with Crippen molar-refractivity contribution in [2.24, 2.45) is 7.05 Å². The van der Waals surface area contributed by atoms with Crippen molar-refractivity contribution >= 4 is 39.2 Å². The van der Waals surface area contributed by atoms with Crippen LogP contribution >= 0.6 is 11.6 Å². The largest absolute Gasteiger partial charge is 0.493 e. The summed E-state index contributed by atoms with van der Waals surface area (Å²) in [7, 11) is 3.90. The topological polar surface area (TPSA) is 70.3 Å². The minimum absolute atomic E-state index is 0.279. The molecular weight excluding hydrogens is 615 g/mol. The van der Waals surface area contributed by atoms with Gasteiger partial charge in [0.1, 0.15) is 22.9 Å². The molecule has 0 aliphatic rings. The summed E-state index contributed by atoms with van der Waals surface area (Å²) in [6.07, 6.45) is 4.17. The fourth-order valence-electron chi connectivity index (χ4n) is 6.43. The second-order valence-corrected chi connectivity index (χ2v) is 13.6. The van der Waals surface area contributed by atoms with Crippen LogP contribution in [0.4, 0.5) is 4.39 Å². The summed E-state index contributed by atoms with van der Waals surface area (Å²) in [4.78, 5) is 14.1. The molecule has 47 heavy (non-hydrogen) atoms. The van der Waals surface area contributed by atoms with Gasteiger partial charge >= 0.3 is 5.97 Å².